The van der Waals surface area contributed by atoms with Gasteiger partial charge in [0.25, 0.3) is 0 Å². The van der Waals surface area contributed by atoms with Crippen molar-refractivity contribution in [2.24, 2.45) is 0 Å². The van der Waals surface area contributed by atoms with E-state index in [1.165, 1.54) is 18.2 Å². The van der Waals surface area contributed by atoms with E-state index in [4.69, 9.17) is 14.2 Å². The number of rotatable bonds is 6. The standard InChI is InChI=1S/C19H19FO4/c1-13(15-6-8-16(20)9-7-15)24-19(21)11-5-14-4-10-17(22-2)18(12-14)23-3/h4-13H,1-3H3/b11-5+/t13-/m1/s1. The van der Waals surface area contributed by atoms with Gasteiger partial charge in [0.15, 0.2) is 11.5 Å². The normalized spacial score (nSPS) is 12.0. The highest BCUT2D eigenvalue weighted by atomic mass is 19.1. The van der Waals surface area contributed by atoms with Crippen LogP contribution in [0.1, 0.15) is 24.2 Å². The number of esters is 1. The van der Waals surface area contributed by atoms with Gasteiger partial charge < -0.3 is 14.2 Å². The first-order valence-electron chi connectivity index (χ1n) is 7.39. The highest BCUT2D eigenvalue weighted by molar-refractivity contribution is 5.87. The summed E-state index contributed by atoms with van der Waals surface area (Å²) >= 11 is 0. The number of hydrogen-bond acceptors (Lipinski definition) is 4. The van der Waals surface area contributed by atoms with Crippen LogP contribution in [-0.2, 0) is 9.53 Å². The Labute approximate surface area is 140 Å². The van der Waals surface area contributed by atoms with Gasteiger partial charge in [0.2, 0.25) is 0 Å². The van der Waals surface area contributed by atoms with Gasteiger partial charge in [0.1, 0.15) is 11.9 Å². The number of carbonyl (C=O) groups is 1. The van der Waals surface area contributed by atoms with Crippen LogP contribution in [0.15, 0.2) is 48.5 Å². The van der Waals surface area contributed by atoms with Crippen molar-refractivity contribution < 1.29 is 23.4 Å². The summed E-state index contributed by atoms with van der Waals surface area (Å²) in [4.78, 5) is 11.9. The van der Waals surface area contributed by atoms with E-state index in [1.54, 1.807) is 57.6 Å². The van der Waals surface area contributed by atoms with Crippen LogP contribution in [0.5, 0.6) is 11.5 Å². The van der Waals surface area contributed by atoms with Crippen molar-refractivity contribution in [3.05, 3.63) is 65.5 Å². The molecule has 126 valence electrons. The minimum Gasteiger partial charge on any atom is -0.493 e. The van der Waals surface area contributed by atoms with Crippen molar-refractivity contribution in [3.8, 4) is 11.5 Å². The predicted molar refractivity (Wildman–Crippen MR) is 89.5 cm³/mol. The van der Waals surface area contributed by atoms with E-state index >= 15 is 0 Å². The fraction of sp³-hybridized carbons (Fsp3) is 0.211. The molecular weight excluding hydrogens is 311 g/mol. The van der Waals surface area contributed by atoms with Gasteiger partial charge in [-0.1, -0.05) is 18.2 Å². The minimum atomic E-state index is -0.485. The maximum atomic E-state index is 12.9. The smallest absolute Gasteiger partial charge is 0.331 e. The lowest BCUT2D eigenvalue weighted by molar-refractivity contribution is -0.142. The molecule has 0 N–H and O–H groups in total. The first-order valence-corrected chi connectivity index (χ1v) is 7.39. The van der Waals surface area contributed by atoms with Gasteiger partial charge in [-0.3, -0.25) is 0 Å². The number of carbonyl (C=O) groups excluding carboxylic acids is 1. The molecule has 0 aliphatic rings. The third-order valence-corrected chi connectivity index (χ3v) is 3.45. The van der Waals surface area contributed by atoms with Crippen LogP contribution < -0.4 is 9.47 Å². The molecule has 1 atom stereocenters. The van der Waals surface area contributed by atoms with E-state index in [9.17, 15) is 9.18 Å². The van der Waals surface area contributed by atoms with Crippen molar-refractivity contribution in [3.63, 3.8) is 0 Å². The van der Waals surface area contributed by atoms with Gasteiger partial charge in [-0.05, 0) is 48.4 Å². The maximum absolute atomic E-state index is 12.9. The lowest BCUT2D eigenvalue weighted by Crippen LogP contribution is -2.06. The van der Waals surface area contributed by atoms with Gasteiger partial charge in [-0.25, -0.2) is 9.18 Å². The Hall–Kier alpha value is -2.82. The molecular formula is C19H19FO4. The van der Waals surface area contributed by atoms with Crippen molar-refractivity contribution in [2.75, 3.05) is 14.2 Å². The number of halogens is 1. The van der Waals surface area contributed by atoms with Crippen LogP contribution in [-0.4, -0.2) is 20.2 Å². The fourth-order valence-corrected chi connectivity index (χ4v) is 2.14. The topological polar surface area (TPSA) is 44.8 Å². The molecule has 0 saturated carbocycles. The average molecular weight is 330 g/mol. The van der Waals surface area contributed by atoms with Crippen LogP contribution in [0.25, 0.3) is 6.08 Å². The highest BCUT2D eigenvalue weighted by Crippen LogP contribution is 2.28. The molecule has 24 heavy (non-hydrogen) atoms. The maximum Gasteiger partial charge on any atom is 0.331 e. The van der Waals surface area contributed by atoms with Crippen molar-refractivity contribution >= 4 is 12.0 Å². The number of methoxy groups -OCH3 is 2. The second-order valence-electron chi connectivity index (χ2n) is 5.08. The predicted octanol–water partition coefficient (Wildman–Crippen LogP) is 4.16. The van der Waals surface area contributed by atoms with E-state index in [-0.39, 0.29) is 5.82 Å². The summed E-state index contributed by atoms with van der Waals surface area (Å²) < 4.78 is 28.6. The monoisotopic (exact) mass is 330 g/mol. The van der Waals surface area contributed by atoms with Gasteiger partial charge >= 0.3 is 5.97 Å². The Balaban J connectivity index is 2.01. The van der Waals surface area contributed by atoms with Crippen LogP contribution in [0.3, 0.4) is 0 Å². The third-order valence-electron chi connectivity index (χ3n) is 3.45. The Kier molecular flexibility index (Phi) is 5.95. The Morgan fingerprint density at radius 2 is 1.71 bits per heavy atom. The molecule has 5 heteroatoms. The molecule has 0 aliphatic heterocycles. The van der Waals surface area contributed by atoms with Crippen molar-refractivity contribution in [2.45, 2.75) is 13.0 Å². The summed E-state index contributed by atoms with van der Waals surface area (Å²) in [5.74, 6) is 0.377. The first-order chi connectivity index (χ1) is 11.5. The zero-order valence-corrected chi connectivity index (χ0v) is 13.8. The van der Waals surface area contributed by atoms with E-state index in [1.807, 2.05) is 0 Å². The molecule has 0 heterocycles. The summed E-state index contributed by atoms with van der Waals surface area (Å²) in [6.45, 7) is 1.73. The molecule has 0 saturated heterocycles. The molecule has 0 aliphatic carbocycles. The molecule has 0 spiro atoms. The lowest BCUT2D eigenvalue weighted by Gasteiger charge is -2.12. The zero-order valence-electron chi connectivity index (χ0n) is 13.8. The second kappa shape index (κ2) is 8.15. The van der Waals surface area contributed by atoms with Crippen LogP contribution in [0.2, 0.25) is 0 Å². The molecule has 0 aromatic heterocycles. The third kappa shape index (κ3) is 4.59. The van der Waals surface area contributed by atoms with Crippen molar-refractivity contribution in [1.82, 2.24) is 0 Å². The molecule has 0 amide bonds. The van der Waals surface area contributed by atoms with Crippen LogP contribution in [0, 0.1) is 5.82 Å². The Morgan fingerprint density at radius 1 is 1.04 bits per heavy atom. The quantitative estimate of drug-likeness (QED) is 0.589. The van der Waals surface area contributed by atoms with Gasteiger partial charge in [-0.15, -0.1) is 0 Å². The van der Waals surface area contributed by atoms with Gasteiger partial charge in [0.05, 0.1) is 14.2 Å². The van der Waals surface area contributed by atoms with E-state index in [0.717, 1.165) is 11.1 Å². The summed E-state index contributed by atoms with van der Waals surface area (Å²) in [5, 5.41) is 0. The van der Waals surface area contributed by atoms with Gasteiger partial charge in [0, 0.05) is 6.08 Å². The molecule has 0 fully saturated rings. The molecule has 2 rings (SSSR count). The van der Waals surface area contributed by atoms with Crippen molar-refractivity contribution in [1.29, 1.82) is 0 Å². The SMILES string of the molecule is COc1ccc(/C=C/C(=O)O[C@H](C)c2ccc(F)cc2)cc1OC. The average Bonchev–Trinajstić information content (AvgIpc) is 2.60. The minimum absolute atomic E-state index is 0.328. The Morgan fingerprint density at radius 3 is 2.33 bits per heavy atom. The van der Waals surface area contributed by atoms with E-state index in [2.05, 4.69) is 0 Å². The summed E-state index contributed by atoms with van der Waals surface area (Å²) in [5.41, 5.74) is 1.50. The highest BCUT2D eigenvalue weighted by Gasteiger charge is 2.10. The van der Waals surface area contributed by atoms with E-state index in [0.29, 0.717) is 11.5 Å². The largest absolute Gasteiger partial charge is 0.493 e. The molecule has 4 nitrogen and oxygen atoms in total. The molecule has 2 aromatic rings. The van der Waals surface area contributed by atoms with E-state index < -0.39 is 12.1 Å². The fourth-order valence-electron chi connectivity index (χ4n) is 2.14. The molecule has 0 radical (unpaired) electrons. The number of benzene rings is 2. The van der Waals surface area contributed by atoms with Crippen LogP contribution in [0.4, 0.5) is 4.39 Å². The Bertz CT molecular complexity index is 723. The summed E-state index contributed by atoms with van der Waals surface area (Å²) in [7, 11) is 3.10. The number of ether oxygens (including phenoxy) is 3. The molecule has 0 bridgehead atoms. The summed E-state index contributed by atoms with van der Waals surface area (Å²) in [6.07, 6.45) is 2.50. The zero-order chi connectivity index (χ0) is 17.5. The molecule has 0 unspecified atom stereocenters. The second-order valence-corrected chi connectivity index (χ2v) is 5.08. The van der Waals surface area contributed by atoms with Gasteiger partial charge in [-0.2, -0.15) is 0 Å². The number of hydrogen-bond donors (Lipinski definition) is 0. The van der Waals surface area contributed by atoms with Crippen LogP contribution >= 0.6 is 0 Å². The summed E-state index contributed by atoms with van der Waals surface area (Å²) in [6, 6.07) is 11.2. The first kappa shape index (κ1) is 17.5. The lowest BCUT2D eigenvalue weighted by atomic mass is 10.1. The molecule has 2 aromatic carbocycles.